The molecule has 0 unspecified atom stereocenters. The first kappa shape index (κ1) is 17.8. The number of rotatable bonds is 4. The van der Waals surface area contributed by atoms with Crippen molar-refractivity contribution in [1.82, 2.24) is 0 Å². The van der Waals surface area contributed by atoms with E-state index < -0.39 is 0 Å². The Morgan fingerprint density at radius 2 is 1.50 bits per heavy atom. The number of fused-ring (bicyclic) bond motifs is 3. The van der Waals surface area contributed by atoms with Gasteiger partial charge in [0, 0.05) is 15.5 Å². The highest BCUT2D eigenvalue weighted by atomic mass is 127. The standard InChI is InChI=1S/C23H22INS/c1-4-16-9-7-11-18-19-12-8-14-21(23(19)26-22(16)18)25(24)20-13-6-5-10-17(20)15(2)3/h5-15H,4H2,1-3H3. The van der Waals surface area contributed by atoms with Crippen LogP contribution in [0.15, 0.2) is 60.7 Å². The third-order valence-corrected chi connectivity index (χ3v) is 7.31. The van der Waals surface area contributed by atoms with Crippen LogP contribution in [0.4, 0.5) is 11.4 Å². The van der Waals surface area contributed by atoms with E-state index in [0.29, 0.717) is 5.92 Å². The van der Waals surface area contributed by atoms with Gasteiger partial charge in [-0.3, -0.25) is 3.11 Å². The number of anilines is 2. The first-order chi connectivity index (χ1) is 12.6. The molecule has 0 fully saturated rings. The highest BCUT2D eigenvalue weighted by Gasteiger charge is 2.17. The van der Waals surface area contributed by atoms with Crippen molar-refractivity contribution in [2.45, 2.75) is 33.1 Å². The monoisotopic (exact) mass is 471 g/mol. The Bertz CT molecular complexity index is 1080. The first-order valence-electron chi connectivity index (χ1n) is 9.09. The van der Waals surface area contributed by atoms with Crippen LogP contribution < -0.4 is 3.11 Å². The topological polar surface area (TPSA) is 3.24 Å². The zero-order chi connectivity index (χ0) is 18.3. The molecule has 1 aromatic heterocycles. The number of halogens is 1. The summed E-state index contributed by atoms with van der Waals surface area (Å²) in [5, 5.41) is 2.75. The van der Waals surface area contributed by atoms with Crippen LogP contribution in [0.3, 0.4) is 0 Å². The molecule has 0 atom stereocenters. The van der Waals surface area contributed by atoms with Crippen LogP contribution in [0.2, 0.25) is 0 Å². The van der Waals surface area contributed by atoms with Crippen molar-refractivity contribution in [1.29, 1.82) is 0 Å². The van der Waals surface area contributed by atoms with Gasteiger partial charge in [-0.1, -0.05) is 69.3 Å². The predicted molar refractivity (Wildman–Crippen MR) is 125 cm³/mol. The minimum Gasteiger partial charge on any atom is -0.281 e. The van der Waals surface area contributed by atoms with Crippen molar-refractivity contribution in [2.75, 3.05) is 3.11 Å². The second-order valence-corrected chi connectivity index (χ2v) is 8.88. The molecule has 4 aromatic rings. The van der Waals surface area contributed by atoms with Crippen LogP contribution in [0, 0.1) is 0 Å². The molecule has 132 valence electrons. The lowest BCUT2D eigenvalue weighted by molar-refractivity contribution is 0.868. The van der Waals surface area contributed by atoms with Crippen molar-refractivity contribution in [3.05, 3.63) is 71.8 Å². The third-order valence-electron chi connectivity index (χ3n) is 4.95. The van der Waals surface area contributed by atoms with E-state index in [-0.39, 0.29) is 0 Å². The summed E-state index contributed by atoms with van der Waals surface area (Å²) in [6.45, 7) is 6.76. The Morgan fingerprint density at radius 3 is 2.23 bits per heavy atom. The Labute approximate surface area is 173 Å². The van der Waals surface area contributed by atoms with Crippen LogP contribution in [-0.4, -0.2) is 0 Å². The summed E-state index contributed by atoms with van der Waals surface area (Å²) < 4.78 is 5.13. The predicted octanol–water partition coefficient (Wildman–Crippen LogP) is 8.23. The lowest BCUT2D eigenvalue weighted by atomic mass is 10.0. The molecule has 0 aliphatic rings. The fraction of sp³-hybridized carbons (Fsp3) is 0.217. The van der Waals surface area contributed by atoms with E-state index in [1.54, 1.807) is 0 Å². The average Bonchev–Trinajstić information content (AvgIpc) is 3.06. The van der Waals surface area contributed by atoms with Gasteiger partial charge in [-0.15, -0.1) is 11.3 Å². The molecular weight excluding hydrogens is 449 g/mol. The molecule has 0 radical (unpaired) electrons. The van der Waals surface area contributed by atoms with Gasteiger partial charge < -0.3 is 0 Å². The summed E-state index contributed by atoms with van der Waals surface area (Å²) in [6.07, 6.45) is 1.07. The number of thiophene rings is 1. The smallest absolute Gasteiger partial charge is 0.0689 e. The van der Waals surface area contributed by atoms with E-state index >= 15 is 0 Å². The highest BCUT2D eigenvalue weighted by Crippen LogP contribution is 2.45. The molecule has 0 aliphatic heterocycles. The van der Waals surface area contributed by atoms with Crippen LogP contribution in [-0.2, 0) is 6.42 Å². The summed E-state index contributed by atoms with van der Waals surface area (Å²) >= 11 is 4.39. The van der Waals surface area contributed by atoms with Crippen molar-refractivity contribution in [3.8, 4) is 0 Å². The molecule has 4 rings (SSSR count). The van der Waals surface area contributed by atoms with Crippen molar-refractivity contribution in [2.24, 2.45) is 0 Å². The van der Waals surface area contributed by atoms with Gasteiger partial charge in [0.1, 0.15) is 0 Å². The molecule has 0 amide bonds. The van der Waals surface area contributed by atoms with Crippen LogP contribution in [0.25, 0.3) is 20.2 Å². The van der Waals surface area contributed by atoms with Gasteiger partial charge in [-0.05, 0) is 35.6 Å². The van der Waals surface area contributed by atoms with Gasteiger partial charge in [-0.25, -0.2) is 0 Å². The lowest BCUT2D eigenvalue weighted by Gasteiger charge is -2.22. The van der Waals surface area contributed by atoms with Gasteiger partial charge >= 0.3 is 0 Å². The maximum atomic E-state index is 2.46. The number of nitrogens with zero attached hydrogens (tertiary/aromatic N) is 1. The number of benzene rings is 3. The van der Waals surface area contributed by atoms with Gasteiger partial charge in [0.05, 0.1) is 38.9 Å². The molecule has 1 heterocycles. The molecule has 0 saturated carbocycles. The van der Waals surface area contributed by atoms with Gasteiger partial charge in [-0.2, -0.15) is 0 Å². The summed E-state index contributed by atoms with van der Waals surface area (Å²) in [6, 6.07) is 22.1. The number of hydrogen-bond acceptors (Lipinski definition) is 2. The molecule has 3 heteroatoms. The zero-order valence-electron chi connectivity index (χ0n) is 15.3. The lowest BCUT2D eigenvalue weighted by Crippen LogP contribution is -2.05. The van der Waals surface area contributed by atoms with E-state index in [1.165, 1.54) is 42.7 Å². The molecule has 0 N–H and O–H groups in total. The van der Waals surface area contributed by atoms with Crippen LogP contribution in [0.1, 0.15) is 37.8 Å². The molecule has 3 aromatic carbocycles. The Kier molecular flexibility index (Phi) is 4.93. The Hall–Kier alpha value is -1.59. The van der Waals surface area contributed by atoms with E-state index in [9.17, 15) is 0 Å². The summed E-state index contributed by atoms with van der Waals surface area (Å²) in [5.41, 5.74) is 5.38. The second kappa shape index (κ2) is 7.20. The van der Waals surface area contributed by atoms with Gasteiger partial charge in [0.25, 0.3) is 0 Å². The molecule has 26 heavy (non-hydrogen) atoms. The first-order valence-corrected chi connectivity index (χ1v) is 10.9. The zero-order valence-corrected chi connectivity index (χ0v) is 18.3. The third kappa shape index (κ3) is 2.91. The van der Waals surface area contributed by atoms with Crippen molar-refractivity contribution >= 4 is 65.7 Å². The Morgan fingerprint density at radius 1 is 0.846 bits per heavy atom. The summed E-state index contributed by atoms with van der Waals surface area (Å²) in [5.74, 6) is 0.497. The quantitative estimate of drug-likeness (QED) is 0.214. The SMILES string of the molecule is CCc1cccc2c1sc1c(N(I)c3ccccc3C(C)C)cccc12. The summed E-state index contributed by atoms with van der Waals surface area (Å²) in [7, 11) is 0. The van der Waals surface area contributed by atoms with Crippen LogP contribution in [0.5, 0.6) is 0 Å². The molecule has 0 aliphatic carbocycles. The fourth-order valence-corrected chi connectivity index (χ4v) is 5.97. The second-order valence-electron chi connectivity index (χ2n) is 6.90. The molecule has 0 saturated heterocycles. The maximum absolute atomic E-state index is 2.46. The largest absolute Gasteiger partial charge is 0.281 e. The average molecular weight is 471 g/mol. The number of aryl methyl sites for hydroxylation is 1. The van der Waals surface area contributed by atoms with Crippen LogP contribution >= 0.6 is 34.2 Å². The normalized spacial score (nSPS) is 11.6. The van der Waals surface area contributed by atoms with Gasteiger partial charge in [0.2, 0.25) is 0 Å². The highest BCUT2D eigenvalue weighted by molar-refractivity contribution is 14.1. The molecule has 0 bridgehead atoms. The van der Waals surface area contributed by atoms with Crippen molar-refractivity contribution < 1.29 is 0 Å². The van der Waals surface area contributed by atoms with E-state index in [1.807, 2.05) is 11.3 Å². The van der Waals surface area contributed by atoms with E-state index in [4.69, 9.17) is 0 Å². The Balaban J connectivity index is 1.95. The molecular formula is C23H22INS. The fourth-order valence-electron chi connectivity index (χ4n) is 3.58. The summed E-state index contributed by atoms with van der Waals surface area (Å²) in [4.78, 5) is 0. The van der Waals surface area contributed by atoms with Gasteiger partial charge in [0.15, 0.2) is 0 Å². The van der Waals surface area contributed by atoms with Crippen molar-refractivity contribution in [3.63, 3.8) is 0 Å². The molecule has 0 spiro atoms. The van der Waals surface area contributed by atoms with E-state index in [2.05, 4.69) is 107 Å². The molecule has 1 nitrogen and oxygen atoms in total. The number of hydrogen-bond donors (Lipinski definition) is 0. The number of para-hydroxylation sites is 1. The minimum absolute atomic E-state index is 0.497. The van der Waals surface area contributed by atoms with E-state index in [0.717, 1.165) is 6.42 Å². The maximum Gasteiger partial charge on any atom is 0.0689 e. The minimum atomic E-state index is 0.497.